The quantitative estimate of drug-likeness (QED) is 0.472. The Kier molecular flexibility index (Phi) is 6.18. The van der Waals surface area contributed by atoms with Crippen LogP contribution in [0.1, 0.15) is 40.0 Å². The van der Waals surface area contributed by atoms with Gasteiger partial charge in [0.05, 0.1) is 5.92 Å². The molecule has 140 valence electrons. The van der Waals surface area contributed by atoms with Crippen LogP contribution in [0.25, 0.3) is 0 Å². The summed E-state index contributed by atoms with van der Waals surface area (Å²) in [7, 11) is 0. The molecule has 6 nitrogen and oxygen atoms in total. The van der Waals surface area contributed by atoms with Gasteiger partial charge in [-0.25, -0.2) is 14.4 Å². The molecule has 2 rings (SSSR count). The highest BCUT2D eigenvalue weighted by Gasteiger charge is 2.45. The van der Waals surface area contributed by atoms with E-state index in [1.165, 1.54) is 0 Å². The molecule has 1 fully saturated rings. The largest absolute Gasteiger partial charge is 0.478 e. The average molecular weight is 360 g/mol. The zero-order valence-electron chi connectivity index (χ0n) is 15.3. The number of fused-ring (bicyclic) bond motifs is 1. The van der Waals surface area contributed by atoms with Gasteiger partial charge in [-0.15, -0.1) is 0 Å². The van der Waals surface area contributed by atoms with Gasteiger partial charge in [0, 0.05) is 23.1 Å². The summed E-state index contributed by atoms with van der Waals surface area (Å²) >= 11 is 0. The van der Waals surface area contributed by atoms with Gasteiger partial charge in [0.1, 0.15) is 12.2 Å². The maximum Gasteiger partial charge on any atom is 0.334 e. The molecule has 0 spiro atoms. The summed E-state index contributed by atoms with van der Waals surface area (Å²) < 4.78 is 11.0. The second kappa shape index (κ2) is 8.17. The van der Waals surface area contributed by atoms with E-state index in [4.69, 9.17) is 9.47 Å². The molecule has 0 unspecified atom stereocenters. The summed E-state index contributed by atoms with van der Waals surface area (Å²) in [5, 5.41) is 9.49. The normalized spacial score (nSPS) is 31.0. The van der Waals surface area contributed by atoms with Crippen molar-refractivity contribution in [3.05, 3.63) is 47.1 Å². The zero-order chi connectivity index (χ0) is 19.4. The molecule has 0 aromatic heterocycles. The van der Waals surface area contributed by atoms with Crippen LogP contribution in [-0.2, 0) is 23.9 Å². The van der Waals surface area contributed by atoms with E-state index in [1.807, 2.05) is 13.0 Å². The summed E-state index contributed by atoms with van der Waals surface area (Å²) in [5.74, 6) is -2.78. The summed E-state index contributed by atoms with van der Waals surface area (Å²) in [6.45, 7) is 9.01. The van der Waals surface area contributed by atoms with E-state index in [2.05, 4.69) is 6.58 Å². The smallest absolute Gasteiger partial charge is 0.334 e. The van der Waals surface area contributed by atoms with Crippen molar-refractivity contribution in [2.75, 3.05) is 0 Å². The fourth-order valence-electron chi connectivity index (χ4n) is 3.08. The monoisotopic (exact) mass is 360 g/mol. The molecular weight excluding hydrogens is 336 g/mol. The van der Waals surface area contributed by atoms with Gasteiger partial charge in [-0.2, -0.15) is 0 Å². The van der Waals surface area contributed by atoms with E-state index < -0.39 is 36.0 Å². The van der Waals surface area contributed by atoms with Crippen LogP contribution in [-0.4, -0.2) is 35.2 Å². The molecule has 0 aromatic carbocycles. The Morgan fingerprint density at radius 1 is 1.42 bits per heavy atom. The van der Waals surface area contributed by atoms with Crippen LogP contribution in [0.15, 0.2) is 47.1 Å². The Labute approximate surface area is 152 Å². The SMILES string of the molecule is C=C1C(=O)O[C@H]2/C=C(\C)CC/C=C(/C(=O)O)C[C@@H](OC(=O)/C(C)=C\C)[C@@H]12. The van der Waals surface area contributed by atoms with Gasteiger partial charge in [-0.3, -0.25) is 0 Å². The molecule has 3 atom stereocenters. The molecule has 26 heavy (non-hydrogen) atoms. The van der Waals surface area contributed by atoms with Crippen LogP contribution < -0.4 is 0 Å². The summed E-state index contributed by atoms with van der Waals surface area (Å²) in [6, 6.07) is 0. The maximum atomic E-state index is 12.3. The van der Waals surface area contributed by atoms with Crippen molar-refractivity contribution in [1.29, 1.82) is 0 Å². The van der Waals surface area contributed by atoms with E-state index in [0.717, 1.165) is 5.57 Å². The van der Waals surface area contributed by atoms with Crippen LogP contribution in [0, 0.1) is 5.92 Å². The first-order valence-corrected chi connectivity index (χ1v) is 8.57. The molecule has 6 heteroatoms. The van der Waals surface area contributed by atoms with Gasteiger partial charge < -0.3 is 14.6 Å². The van der Waals surface area contributed by atoms with Crippen LogP contribution in [0.2, 0.25) is 0 Å². The third-order valence-corrected chi connectivity index (χ3v) is 4.75. The van der Waals surface area contributed by atoms with E-state index >= 15 is 0 Å². The van der Waals surface area contributed by atoms with Crippen molar-refractivity contribution < 1.29 is 29.0 Å². The van der Waals surface area contributed by atoms with Crippen molar-refractivity contribution in [2.24, 2.45) is 5.92 Å². The maximum absolute atomic E-state index is 12.3. The van der Waals surface area contributed by atoms with Crippen molar-refractivity contribution >= 4 is 17.9 Å². The number of carbonyl (C=O) groups is 3. The molecule has 0 aromatic rings. The lowest BCUT2D eigenvalue weighted by Gasteiger charge is -2.27. The minimum absolute atomic E-state index is 0.0121. The van der Waals surface area contributed by atoms with E-state index in [1.54, 1.807) is 26.0 Å². The lowest BCUT2D eigenvalue weighted by atomic mass is 9.85. The van der Waals surface area contributed by atoms with Crippen LogP contribution in [0.4, 0.5) is 0 Å². The molecule has 0 bridgehead atoms. The Hall–Kier alpha value is -2.63. The van der Waals surface area contributed by atoms with Crippen molar-refractivity contribution in [3.63, 3.8) is 0 Å². The number of esters is 2. The Balaban J connectivity index is 2.46. The van der Waals surface area contributed by atoms with Crippen LogP contribution >= 0.6 is 0 Å². The fourth-order valence-corrected chi connectivity index (χ4v) is 3.08. The van der Waals surface area contributed by atoms with Gasteiger partial charge >= 0.3 is 17.9 Å². The highest BCUT2D eigenvalue weighted by Crippen LogP contribution is 2.36. The van der Waals surface area contributed by atoms with Crippen molar-refractivity contribution in [3.8, 4) is 0 Å². The molecule has 1 heterocycles. The third kappa shape index (κ3) is 4.31. The lowest BCUT2D eigenvalue weighted by Crippen LogP contribution is -2.34. The Morgan fingerprint density at radius 2 is 2.12 bits per heavy atom. The van der Waals surface area contributed by atoms with Crippen molar-refractivity contribution in [2.45, 2.75) is 52.2 Å². The Morgan fingerprint density at radius 3 is 2.73 bits per heavy atom. The zero-order valence-corrected chi connectivity index (χ0v) is 15.3. The van der Waals surface area contributed by atoms with Gasteiger partial charge in [-0.1, -0.05) is 24.3 Å². The molecular formula is C20H24O6. The number of ether oxygens (including phenoxy) is 2. The van der Waals surface area contributed by atoms with E-state index in [-0.39, 0.29) is 17.6 Å². The van der Waals surface area contributed by atoms with Gasteiger partial charge in [0.15, 0.2) is 0 Å². The van der Waals surface area contributed by atoms with Gasteiger partial charge in [0.2, 0.25) is 0 Å². The molecule has 1 aliphatic heterocycles. The summed E-state index contributed by atoms with van der Waals surface area (Å²) in [5.41, 5.74) is 1.73. The first-order chi connectivity index (χ1) is 12.2. The number of rotatable bonds is 3. The number of carboxylic acids is 1. The molecule has 0 saturated carbocycles. The van der Waals surface area contributed by atoms with Crippen LogP contribution in [0.5, 0.6) is 0 Å². The summed E-state index contributed by atoms with van der Waals surface area (Å²) in [4.78, 5) is 35.9. The highest BCUT2D eigenvalue weighted by atomic mass is 16.6. The minimum atomic E-state index is -1.07. The molecule has 0 amide bonds. The standard InChI is InChI=1S/C20H24O6/c1-5-12(3)19(23)25-16-10-14(18(21)22)8-6-7-11(2)9-15-17(16)13(4)20(24)26-15/h5,8-9,15-17H,4,6-7,10H2,1-3H3,(H,21,22)/b11-9+,12-5-,14-8+/t15-,16+,17-/m0/s1. The van der Waals surface area contributed by atoms with Gasteiger partial charge in [0.25, 0.3) is 0 Å². The molecule has 0 radical (unpaired) electrons. The number of allylic oxidation sites excluding steroid dienone is 3. The number of hydrogen-bond donors (Lipinski definition) is 1. The average Bonchev–Trinajstić information content (AvgIpc) is 2.85. The first kappa shape index (κ1) is 19.7. The number of carboxylic acid groups (broad SMARTS) is 1. The number of aliphatic carboxylic acids is 1. The highest BCUT2D eigenvalue weighted by molar-refractivity contribution is 5.92. The van der Waals surface area contributed by atoms with Crippen LogP contribution in [0.3, 0.4) is 0 Å². The minimum Gasteiger partial charge on any atom is -0.478 e. The predicted octanol–water partition coefficient (Wildman–Crippen LogP) is 3.10. The lowest BCUT2D eigenvalue weighted by molar-refractivity contribution is -0.148. The molecule has 1 N–H and O–H groups in total. The number of hydrogen-bond acceptors (Lipinski definition) is 5. The molecule has 1 aliphatic carbocycles. The molecule has 2 aliphatic rings. The van der Waals surface area contributed by atoms with Crippen molar-refractivity contribution in [1.82, 2.24) is 0 Å². The Bertz CT molecular complexity index is 725. The van der Waals surface area contributed by atoms with E-state index in [9.17, 15) is 19.5 Å². The second-order valence-electron chi connectivity index (χ2n) is 6.63. The molecule has 1 saturated heterocycles. The first-order valence-electron chi connectivity index (χ1n) is 8.57. The van der Waals surface area contributed by atoms with Gasteiger partial charge in [-0.05, 0) is 39.7 Å². The van der Waals surface area contributed by atoms with E-state index in [0.29, 0.717) is 18.4 Å². The summed E-state index contributed by atoms with van der Waals surface area (Å²) in [6.07, 6.45) is 4.81. The number of carbonyl (C=O) groups excluding carboxylic acids is 2. The topological polar surface area (TPSA) is 89.9 Å². The second-order valence-corrected chi connectivity index (χ2v) is 6.63. The predicted molar refractivity (Wildman–Crippen MR) is 95.1 cm³/mol. The third-order valence-electron chi connectivity index (χ3n) is 4.75. The fraction of sp³-hybridized carbons (Fsp3) is 0.450.